The number of amides is 1. The number of nitrogens with zero attached hydrogens (tertiary/aromatic N) is 1. The molecule has 0 saturated heterocycles. The van der Waals surface area contributed by atoms with Crippen molar-refractivity contribution in [2.75, 3.05) is 13.2 Å². The highest BCUT2D eigenvalue weighted by Crippen LogP contribution is 2.36. The average molecular weight is 490 g/mol. The van der Waals surface area contributed by atoms with Crippen LogP contribution in [0.4, 0.5) is 4.79 Å². The summed E-state index contributed by atoms with van der Waals surface area (Å²) in [6.45, 7) is 13.6. The molecule has 0 N–H and O–H groups in total. The predicted molar refractivity (Wildman–Crippen MR) is 147 cm³/mol. The van der Waals surface area contributed by atoms with Crippen molar-refractivity contribution < 1.29 is 14.0 Å². The second-order valence-electron chi connectivity index (χ2n) is 10.2. The van der Waals surface area contributed by atoms with Crippen LogP contribution in [0.15, 0.2) is 91.0 Å². The first-order chi connectivity index (χ1) is 16.7. The van der Waals surface area contributed by atoms with Gasteiger partial charge in [0.2, 0.25) is 0 Å². The van der Waals surface area contributed by atoms with E-state index in [1.807, 2.05) is 63.2 Å². The zero-order valence-corrected chi connectivity index (χ0v) is 22.9. The van der Waals surface area contributed by atoms with Gasteiger partial charge < -0.3 is 14.1 Å². The number of carbonyl (C=O) groups excluding carboxylic acids is 1. The van der Waals surface area contributed by atoms with Crippen molar-refractivity contribution in [3.8, 4) is 0 Å². The summed E-state index contributed by atoms with van der Waals surface area (Å²) in [6, 6.07) is 31.0. The first-order valence-electron chi connectivity index (χ1n) is 12.4. The second-order valence-corrected chi connectivity index (χ2v) is 14.5. The Morgan fingerprint density at radius 3 is 1.69 bits per heavy atom. The van der Waals surface area contributed by atoms with Gasteiger partial charge >= 0.3 is 6.09 Å². The van der Waals surface area contributed by atoms with Crippen molar-refractivity contribution in [2.24, 2.45) is 0 Å². The maximum Gasteiger partial charge on any atom is 0.410 e. The van der Waals surface area contributed by atoms with Gasteiger partial charge in [-0.1, -0.05) is 112 Å². The van der Waals surface area contributed by atoms with Crippen LogP contribution in [-0.4, -0.2) is 38.5 Å². The van der Waals surface area contributed by atoms with Gasteiger partial charge in [0, 0.05) is 12.6 Å². The Morgan fingerprint density at radius 1 is 0.800 bits per heavy atom. The molecule has 0 spiro atoms. The molecule has 3 aromatic carbocycles. The number of benzene rings is 3. The molecular formula is C30H39NO3Si. The molecule has 0 heterocycles. The predicted octanol–water partition coefficient (Wildman–Crippen LogP) is 6.17. The maximum absolute atomic E-state index is 13.1. The normalized spacial score (nSPS) is 12.9. The van der Waals surface area contributed by atoms with E-state index in [0.717, 1.165) is 5.56 Å². The monoisotopic (exact) mass is 489 g/mol. The Balaban J connectivity index is 1.83. The topological polar surface area (TPSA) is 38.8 Å². The SMILES string of the molecule is CC(C)N(CCO[Si](c1ccccc1)(c1ccccc1)C(C)(C)C)C(=O)O[C@H](C)c1ccccc1. The molecule has 0 aliphatic heterocycles. The minimum Gasteiger partial charge on any atom is -0.442 e. The summed E-state index contributed by atoms with van der Waals surface area (Å²) in [5.74, 6) is 0. The quantitative estimate of drug-likeness (QED) is 0.337. The van der Waals surface area contributed by atoms with Crippen LogP contribution in [-0.2, 0) is 9.16 Å². The molecule has 0 aromatic heterocycles. The van der Waals surface area contributed by atoms with E-state index in [4.69, 9.17) is 9.16 Å². The molecular weight excluding hydrogens is 450 g/mol. The number of rotatable bonds is 9. The number of ether oxygens (including phenoxy) is 1. The maximum atomic E-state index is 13.1. The smallest absolute Gasteiger partial charge is 0.410 e. The van der Waals surface area contributed by atoms with Crippen LogP contribution in [0, 0.1) is 0 Å². The Morgan fingerprint density at radius 2 is 1.26 bits per heavy atom. The Hall–Kier alpha value is -2.89. The largest absolute Gasteiger partial charge is 0.442 e. The fraction of sp³-hybridized carbons (Fsp3) is 0.367. The van der Waals surface area contributed by atoms with Crippen molar-refractivity contribution in [1.29, 1.82) is 0 Å². The third-order valence-corrected chi connectivity index (χ3v) is 11.5. The molecule has 0 unspecified atom stereocenters. The third-order valence-electron chi connectivity index (χ3n) is 6.47. The van der Waals surface area contributed by atoms with E-state index in [2.05, 4.69) is 69.3 Å². The van der Waals surface area contributed by atoms with E-state index in [-0.39, 0.29) is 23.3 Å². The van der Waals surface area contributed by atoms with Crippen molar-refractivity contribution in [3.05, 3.63) is 96.6 Å². The fourth-order valence-electron chi connectivity index (χ4n) is 4.63. The summed E-state index contributed by atoms with van der Waals surface area (Å²) in [4.78, 5) is 14.9. The molecule has 5 heteroatoms. The van der Waals surface area contributed by atoms with Crippen LogP contribution in [0.2, 0.25) is 5.04 Å². The van der Waals surface area contributed by atoms with Crippen molar-refractivity contribution in [2.45, 2.75) is 58.7 Å². The highest BCUT2D eigenvalue weighted by atomic mass is 28.4. The summed E-state index contributed by atoms with van der Waals surface area (Å²) >= 11 is 0. The van der Waals surface area contributed by atoms with Gasteiger partial charge in [-0.05, 0) is 41.7 Å². The molecule has 3 aromatic rings. The zero-order valence-electron chi connectivity index (χ0n) is 21.9. The summed E-state index contributed by atoms with van der Waals surface area (Å²) in [5.41, 5.74) is 0.980. The van der Waals surface area contributed by atoms with Crippen LogP contribution in [0.25, 0.3) is 0 Å². The number of hydrogen-bond acceptors (Lipinski definition) is 3. The van der Waals surface area contributed by atoms with Gasteiger partial charge in [0.1, 0.15) is 6.10 Å². The number of carbonyl (C=O) groups is 1. The molecule has 0 saturated carbocycles. The molecule has 4 nitrogen and oxygen atoms in total. The van der Waals surface area contributed by atoms with Gasteiger partial charge in [0.25, 0.3) is 8.32 Å². The highest BCUT2D eigenvalue weighted by Gasteiger charge is 2.50. The van der Waals surface area contributed by atoms with Gasteiger partial charge in [0.05, 0.1) is 6.61 Å². The van der Waals surface area contributed by atoms with Gasteiger partial charge in [-0.25, -0.2) is 4.79 Å². The van der Waals surface area contributed by atoms with Crippen LogP contribution in [0.5, 0.6) is 0 Å². The van der Waals surface area contributed by atoms with Crippen LogP contribution < -0.4 is 10.4 Å². The third kappa shape index (κ3) is 6.22. The van der Waals surface area contributed by atoms with Gasteiger partial charge in [0.15, 0.2) is 0 Å². The van der Waals surface area contributed by atoms with E-state index in [0.29, 0.717) is 13.2 Å². The molecule has 1 atom stereocenters. The van der Waals surface area contributed by atoms with E-state index < -0.39 is 8.32 Å². The first-order valence-corrected chi connectivity index (χ1v) is 14.3. The molecule has 186 valence electrons. The molecule has 0 aliphatic rings. The Labute approximate surface area is 212 Å². The van der Waals surface area contributed by atoms with E-state index >= 15 is 0 Å². The van der Waals surface area contributed by atoms with Gasteiger partial charge in [-0.15, -0.1) is 0 Å². The first kappa shape index (κ1) is 26.7. The lowest BCUT2D eigenvalue weighted by atomic mass is 10.1. The molecule has 1 amide bonds. The summed E-state index contributed by atoms with van der Waals surface area (Å²) < 4.78 is 12.8. The molecule has 0 aliphatic carbocycles. The lowest BCUT2D eigenvalue weighted by Gasteiger charge is -2.43. The van der Waals surface area contributed by atoms with Crippen LogP contribution >= 0.6 is 0 Å². The highest BCUT2D eigenvalue weighted by molar-refractivity contribution is 6.99. The van der Waals surface area contributed by atoms with Crippen LogP contribution in [0.1, 0.15) is 53.2 Å². The zero-order chi connectivity index (χ0) is 25.5. The summed E-state index contributed by atoms with van der Waals surface area (Å²) in [7, 11) is -2.65. The van der Waals surface area contributed by atoms with E-state index in [1.165, 1.54) is 10.4 Å². The van der Waals surface area contributed by atoms with E-state index in [1.54, 1.807) is 4.90 Å². The van der Waals surface area contributed by atoms with Crippen molar-refractivity contribution in [1.82, 2.24) is 4.90 Å². The summed E-state index contributed by atoms with van der Waals surface area (Å²) in [5, 5.41) is 2.35. The van der Waals surface area contributed by atoms with Gasteiger partial charge in [-0.3, -0.25) is 0 Å². The van der Waals surface area contributed by atoms with E-state index in [9.17, 15) is 4.79 Å². The fourth-order valence-corrected chi connectivity index (χ4v) is 9.18. The Bertz CT molecular complexity index is 1010. The molecule has 0 radical (unpaired) electrons. The van der Waals surface area contributed by atoms with Crippen molar-refractivity contribution >= 4 is 24.8 Å². The molecule has 0 fully saturated rings. The van der Waals surface area contributed by atoms with Crippen molar-refractivity contribution in [3.63, 3.8) is 0 Å². The van der Waals surface area contributed by atoms with Crippen LogP contribution in [0.3, 0.4) is 0 Å². The minimum absolute atomic E-state index is 0.00627. The van der Waals surface area contributed by atoms with Gasteiger partial charge in [-0.2, -0.15) is 0 Å². The summed E-state index contributed by atoms with van der Waals surface area (Å²) in [6.07, 6.45) is -0.634. The molecule has 0 bridgehead atoms. The Kier molecular flexibility index (Phi) is 8.92. The lowest BCUT2D eigenvalue weighted by Crippen LogP contribution is -2.67. The average Bonchev–Trinajstić information content (AvgIpc) is 2.84. The lowest BCUT2D eigenvalue weighted by molar-refractivity contribution is 0.0559. The standard InChI is InChI=1S/C30H39NO3Si/c1-24(2)31(29(32)34-25(3)26-16-10-7-11-17-26)22-23-33-35(30(4,5)6,27-18-12-8-13-19-27)28-20-14-9-15-21-28/h7-21,24-25H,22-23H2,1-6H3/t25-/m1/s1. The second kappa shape index (κ2) is 11.7. The number of hydrogen-bond donors (Lipinski definition) is 0. The molecule has 35 heavy (non-hydrogen) atoms. The minimum atomic E-state index is -2.65. The molecule has 3 rings (SSSR count).